The third-order valence-corrected chi connectivity index (χ3v) is 4.68. The fourth-order valence-electron chi connectivity index (χ4n) is 1.76. The number of thioether (sulfide) groups is 1. The van der Waals surface area contributed by atoms with Gasteiger partial charge in [0.05, 0.1) is 10.0 Å². The molecule has 6 nitrogen and oxygen atoms in total. The summed E-state index contributed by atoms with van der Waals surface area (Å²) < 4.78 is 0.227. The zero-order valence-electron chi connectivity index (χ0n) is 9.73. The largest absolute Gasteiger partial charge is 0.479 e. The normalized spacial score (nSPS) is 22.2. The SMILES string of the molecule is O=C(NC1(C(=O)O)CCSC1)c1c[nH]c(=O)c(Br)c1. The molecule has 0 saturated carbocycles. The number of hydrogen-bond donors (Lipinski definition) is 3. The summed E-state index contributed by atoms with van der Waals surface area (Å²) in [5.41, 5.74) is -1.35. The number of carboxylic acids is 1. The molecule has 1 aliphatic heterocycles. The molecule has 1 amide bonds. The van der Waals surface area contributed by atoms with Crippen LogP contribution in [-0.2, 0) is 4.79 Å². The van der Waals surface area contributed by atoms with Crippen LogP contribution in [0.4, 0.5) is 0 Å². The summed E-state index contributed by atoms with van der Waals surface area (Å²) in [6, 6.07) is 1.37. The van der Waals surface area contributed by atoms with Crippen molar-refractivity contribution in [2.24, 2.45) is 0 Å². The van der Waals surface area contributed by atoms with Gasteiger partial charge in [0.25, 0.3) is 11.5 Å². The fraction of sp³-hybridized carbons (Fsp3) is 0.364. The molecule has 1 aromatic rings. The van der Waals surface area contributed by atoms with Crippen LogP contribution in [0.2, 0.25) is 0 Å². The first-order valence-corrected chi connectivity index (χ1v) is 7.41. The molecule has 19 heavy (non-hydrogen) atoms. The maximum Gasteiger partial charge on any atom is 0.330 e. The Morgan fingerprint density at radius 1 is 1.53 bits per heavy atom. The van der Waals surface area contributed by atoms with E-state index in [4.69, 9.17) is 0 Å². The van der Waals surface area contributed by atoms with E-state index in [1.165, 1.54) is 24.0 Å². The summed E-state index contributed by atoms with van der Waals surface area (Å²) in [5, 5.41) is 11.8. The highest BCUT2D eigenvalue weighted by Gasteiger charge is 2.43. The predicted molar refractivity (Wildman–Crippen MR) is 74.5 cm³/mol. The highest BCUT2D eigenvalue weighted by molar-refractivity contribution is 9.10. The number of carbonyl (C=O) groups is 2. The van der Waals surface area contributed by atoms with E-state index in [1.807, 2.05) is 0 Å². The van der Waals surface area contributed by atoms with Crippen molar-refractivity contribution in [3.63, 3.8) is 0 Å². The first-order chi connectivity index (χ1) is 8.94. The monoisotopic (exact) mass is 346 g/mol. The Kier molecular flexibility index (Phi) is 4.00. The molecule has 1 aromatic heterocycles. The van der Waals surface area contributed by atoms with Gasteiger partial charge in [0.1, 0.15) is 5.54 Å². The van der Waals surface area contributed by atoms with Crippen molar-refractivity contribution in [2.45, 2.75) is 12.0 Å². The molecule has 102 valence electrons. The topological polar surface area (TPSA) is 99.3 Å². The lowest BCUT2D eigenvalue weighted by Gasteiger charge is -2.24. The van der Waals surface area contributed by atoms with Crippen LogP contribution in [0.3, 0.4) is 0 Å². The van der Waals surface area contributed by atoms with Crippen LogP contribution >= 0.6 is 27.7 Å². The van der Waals surface area contributed by atoms with Gasteiger partial charge in [0.2, 0.25) is 0 Å². The average Bonchev–Trinajstić information content (AvgIpc) is 2.82. The van der Waals surface area contributed by atoms with Crippen molar-refractivity contribution in [2.75, 3.05) is 11.5 Å². The molecule has 1 fully saturated rings. The second-order valence-corrected chi connectivity index (χ2v) is 6.17. The van der Waals surface area contributed by atoms with Gasteiger partial charge < -0.3 is 15.4 Å². The van der Waals surface area contributed by atoms with Gasteiger partial charge in [-0.2, -0.15) is 11.8 Å². The highest BCUT2D eigenvalue weighted by atomic mass is 79.9. The Hall–Kier alpha value is -1.28. The molecule has 2 heterocycles. The third kappa shape index (κ3) is 2.84. The molecule has 8 heteroatoms. The quantitative estimate of drug-likeness (QED) is 0.752. The van der Waals surface area contributed by atoms with Crippen LogP contribution < -0.4 is 10.9 Å². The molecule has 1 atom stereocenters. The van der Waals surface area contributed by atoms with Crippen LogP contribution in [0.5, 0.6) is 0 Å². The molecule has 2 rings (SSSR count). The number of aromatic amines is 1. The van der Waals surface area contributed by atoms with Gasteiger partial charge in [-0.1, -0.05) is 0 Å². The van der Waals surface area contributed by atoms with Gasteiger partial charge in [-0.25, -0.2) is 4.79 Å². The first kappa shape index (κ1) is 14.1. The van der Waals surface area contributed by atoms with Crippen molar-refractivity contribution < 1.29 is 14.7 Å². The molecule has 0 aliphatic carbocycles. The molecule has 0 bridgehead atoms. The summed E-state index contributed by atoms with van der Waals surface area (Å²) in [6.07, 6.45) is 1.66. The minimum Gasteiger partial charge on any atom is -0.479 e. The summed E-state index contributed by atoms with van der Waals surface area (Å²) in [5.74, 6) is -0.503. The van der Waals surface area contributed by atoms with Crippen LogP contribution in [0.15, 0.2) is 21.5 Å². The lowest BCUT2D eigenvalue weighted by atomic mass is 9.98. The maximum atomic E-state index is 12.0. The lowest BCUT2D eigenvalue weighted by Crippen LogP contribution is -2.54. The lowest BCUT2D eigenvalue weighted by molar-refractivity contribution is -0.143. The van der Waals surface area contributed by atoms with E-state index in [2.05, 4.69) is 26.2 Å². The number of aromatic nitrogens is 1. The molecule has 0 spiro atoms. The summed E-state index contributed by atoms with van der Waals surface area (Å²) in [6.45, 7) is 0. The zero-order valence-corrected chi connectivity index (χ0v) is 12.1. The number of nitrogens with one attached hydrogen (secondary N) is 2. The van der Waals surface area contributed by atoms with Crippen LogP contribution in [-0.4, -0.2) is 39.0 Å². The third-order valence-electron chi connectivity index (χ3n) is 2.90. The average molecular weight is 347 g/mol. The minimum atomic E-state index is -1.22. The number of rotatable bonds is 3. The standard InChI is InChI=1S/C11H11BrN2O4S/c12-7-3-6(4-13-9(7)16)8(15)14-11(10(17)18)1-2-19-5-11/h3-4H,1-2,5H2,(H,13,16)(H,14,15)(H,17,18). The Morgan fingerprint density at radius 2 is 2.26 bits per heavy atom. The van der Waals surface area contributed by atoms with E-state index < -0.39 is 17.4 Å². The molecule has 1 unspecified atom stereocenters. The Morgan fingerprint density at radius 3 is 2.79 bits per heavy atom. The molecule has 0 aromatic carbocycles. The van der Waals surface area contributed by atoms with E-state index >= 15 is 0 Å². The first-order valence-electron chi connectivity index (χ1n) is 5.46. The number of carboxylic acid groups (broad SMARTS) is 1. The number of carbonyl (C=O) groups excluding carboxylic acids is 1. The number of halogens is 1. The van der Waals surface area contributed by atoms with Crippen molar-refractivity contribution in [3.8, 4) is 0 Å². The van der Waals surface area contributed by atoms with Gasteiger partial charge in [-0.15, -0.1) is 0 Å². The van der Waals surface area contributed by atoms with Crippen LogP contribution in [0.25, 0.3) is 0 Å². The zero-order chi connectivity index (χ0) is 14.0. The van der Waals surface area contributed by atoms with Crippen molar-refractivity contribution in [1.29, 1.82) is 0 Å². The molecule has 3 N–H and O–H groups in total. The summed E-state index contributed by atoms with van der Waals surface area (Å²) in [7, 11) is 0. The van der Waals surface area contributed by atoms with Crippen LogP contribution in [0.1, 0.15) is 16.8 Å². The summed E-state index contributed by atoms with van der Waals surface area (Å²) >= 11 is 4.51. The van der Waals surface area contributed by atoms with Crippen molar-refractivity contribution in [1.82, 2.24) is 10.3 Å². The second-order valence-electron chi connectivity index (χ2n) is 4.21. The Balaban J connectivity index is 2.22. The van der Waals surface area contributed by atoms with E-state index in [9.17, 15) is 19.5 Å². The highest BCUT2D eigenvalue weighted by Crippen LogP contribution is 2.28. The number of hydrogen-bond acceptors (Lipinski definition) is 4. The van der Waals surface area contributed by atoms with Crippen LogP contribution in [0, 0.1) is 0 Å². The minimum absolute atomic E-state index is 0.212. The fourth-order valence-corrected chi connectivity index (χ4v) is 3.45. The Labute approximate surface area is 121 Å². The smallest absolute Gasteiger partial charge is 0.330 e. The number of H-pyrrole nitrogens is 1. The number of aliphatic carboxylic acids is 1. The van der Waals surface area contributed by atoms with Crippen molar-refractivity contribution >= 4 is 39.6 Å². The van der Waals surface area contributed by atoms with Gasteiger partial charge in [0, 0.05) is 11.9 Å². The Bertz CT molecular complexity index is 580. The number of pyridine rings is 1. The number of amides is 1. The maximum absolute atomic E-state index is 12.0. The predicted octanol–water partition coefficient (Wildman–Crippen LogP) is 0.828. The van der Waals surface area contributed by atoms with E-state index in [0.29, 0.717) is 17.9 Å². The van der Waals surface area contributed by atoms with E-state index in [0.717, 1.165) is 0 Å². The van der Waals surface area contributed by atoms with Gasteiger partial charge in [-0.05, 0) is 34.2 Å². The molecule has 1 saturated heterocycles. The summed E-state index contributed by atoms with van der Waals surface area (Å²) in [4.78, 5) is 36.9. The molecular weight excluding hydrogens is 336 g/mol. The van der Waals surface area contributed by atoms with Crippen molar-refractivity contribution in [3.05, 3.63) is 32.7 Å². The van der Waals surface area contributed by atoms with E-state index in [-0.39, 0.29) is 15.6 Å². The second kappa shape index (κ2) is 5.38. The van der Waals surface area contributed by atoms with Gasteiger partial charge >= 0.3 is 5.97 Å². The van der Waals surface area contributed by atoms with Gasteiger partial charge in [-0.3, -0.25) is 9.59 Å². The molecule has 0 radical (unpaired) electrons. The van der Waals surface area contributed by atoms with E-state index in [1.54, 1.807) is 0 Å². The molecular formula is C11H11BrN2O4S. The molecule has 1 aliphatic rings. The van der Waals surface area contributed by atoms with Gasteiger partial charge in [0.15, 0.2) is 0 Å².